The van der Waals surface area contributed by atoms with Crippen LogP contribution in [0, 0.1) is 0 Å². The van der Waals surface area contributed by atoms with Crippen molar-refractivity contribution in [3.8, 4) is 0 Å². The van der Waals surface area contributed by atoms with Crippen molar-refractivity contribution in [1.29, 1.82) is 0 Å². The van der Waals surface area contributed by atoms with Gasteiger partial charge in [0, 0.05) is 38.3 Å². The van der Waals surface area contributed by atoms with Crippen molar-refractivity contribution < 1.29 is 9.53 Å². The average Bonchev–Trinajstić information content (AvgIpc) is 2.39. The van der Waals surface area contributed by atoms with E-state index in [-0.39, 0.29) is 5.91 Å². The minimum atomic E-state index is 0.112. The zero-order chi connectivity index (χ0) is 13.0. The van der Waals surface area contributed by atoms with Crippen molar-refractivity contribution >= 4 is 5.91 Å². The van der Waals surface area contributed by atoms with Crippen molar-refractivity contribution in [3.05, 3.63) is 35.4 Å². The highest BCUT2D eigenvalue weighted by molar-refractivity contribution is 5.94. The Hall–Kier alpha value is -1.39. The Morgan fingerprint density at radius 2 is 2.39 bits per heavy atom. The van der Waals surface area contributed by atoms with E-state index < -0.39 is 0 Å². The summed E-state index contributed by atoms with van der Waals surface area (Å²) in [6.45, 7) is 5.05. The van der Waals surface area contributed by atoms with Gasteiger partial charge in [0.25, 0.3) is 5.91 Å². The van der Waals surface area contributed by atoms with E-state index in [1.54, 1.807) is 7.11 Å². The molecule has 0 radical (unpaired) electrons. The third-order valence-electron chi connectivity index (χ3n) is 3.14. The highest BCUT2D eigenvalue weighted by atomic mass is 16.5. The molecular weight excluding hydrogens is 228 g/mol. The fraction of sp³-hybridized carbons (Fsp3) is 0.500. The Kier molecular flexibility index (Phi) is 4.33. The summed E-state index contributed by atoms with van der Waals surface area (Å²) in [6, 6.07) is 8.03. The van der Waals surface area contributed by atoms with Crippen LogP contribution >= 0.6 is 0 Å². The molecule has 4 nitrogen and oxygen atoms in total. The Morgan fingerprint density at radius 3 is 3.11 bits per heavy atom. The number of nitrogens with zero attached hydrogens (tertiary/aromatic N) is 1. The largest absolute Gasteiger partial charge is 0.380 e. The normalized spacial score (nSPS) is 19.9. The summed E-state index contributed by atoms with van der Waals surface area (Å²) in [5.74, 6) is 0.112. The first kappa shape index (κ1) is 13.1. The molecule has 1 aliphatic rings. The van der Waals surface area contributed by atoms with Crippen LogP contribution in [0.3, 0.4) is 0 Å². The lowest BCUT2D eigenvalue weighted by atomic mass is 10.1. The zero-order valence-electron chi connectivity index (χ0n) is 11.0. The van der Waals surface area contributed by atoms with Gasteiger partial charge in [-0.3, -0.25) is 4.79 Å². The molecule has 1 atom stereocenters. The highest BCUT2D eigenvalue weighted by Crippen LogP contribution is 2.11. The molecule has 4 heteroatoms. The van der Waals surface area contributed by atoms with E-state index in [4.69, 9.17) is 4.74 Å². The van der Waals surface area contributed by atoms with Crippen molar-refractivity contribution in [3.63, 3.8) is 0 Å². The molecule has 1 aromatic rings. The average molecular weight is 248 g/mol. The molecule has 2 rings (SSSR count). The second-order valence-corrected chi connectivity index (χ2v) is 4.74. The van der Waals surface area contributed by atoms with Gasteiger partial charge in [-0.15, -0.1) is 0 Å². The van der Waals surface area contributed by atoms with E-state index in [1.807, 2.05) is 29.2 Å². The Bertz CT molecular complexity index is 420. The summed E-state index contributed by atoms with van der Waals surface area (Å²) >= 11 is 0. The molecule has 0 aliphatic carbocycles. The number of piperazine rings is 1. The number of benzene rings is 1. The van der Waals surface area contributed by atoms with Gasteiger partial charge in [0.2, 0.25) is 0 Å². The standard InChI is InChI=1S/C14H20N2O2/c1-11-9-16(7-6-15-11)14(17)13-5-3-4-12(8-13)10-18-2/h3-5,8,11,15H,6-7,9-10H2,1-2H3/t11-/m0/s1. The Morgan fingerprint density at radius 1 is 1.56 bits per heavy atom. The number of hydrogen-bond donors (Lipinski definition) is 1. The van der Waals surface area contributed by atoms with Crippen molar-refractivity contribution in [2.24, 2.45) is 0 Å². The van der Waals surface area contributed by atoms with Crippen molar-refractivity contribution in [1.82, 2.24) is 10.2 Å². The maximum Gasteiger partial charge on any atom is 0.253 e. The molecule has 1 saturated heterocycles. The van der Waals surface area contributed by atoms with Crippen LogP contribution in [0.25, 0.3) is 0 Å². The number of nitrogens with one attached hydrogen (secondary N) is 1. The summed E-state index contributed by atoms with van der Waals surface area (Å²) in [6.07, 6.45) is 0. The second-order valence-electron chi connectivity index (χ2n) is 4.74. The van der Waals surface area contributed by atoms with Gasteiger partial charge < -0.3 is 15.0 Å². The van der Waals surface area contributed by atoms with E-state index in [0.717, 1.165) is 30.8 Å². The quantitative estimate of drug-likeness (QED) is 0.876. The fourth-order valence-electron chi connectivity index (χ4n) is 2.26. The summed E-state index contributed by atoms with van der Waals surface area (Å²) in [7, 11) is 1.66. The first-order valence-electron chi connectivity index (χ1n) is 6.31. The Labute approximate surface area is 108 Å². The van der Waals surface area contributed by atoms with E-state index in [9.17, 15) is 4.79 Å². The van der Waals surface area contributed by atoms with E-state index in [0.29, 0.717) is 12.6 Å². The maximum atomic E-state index is 12.4. The van der Waals surface area contributed by atoms with Crippen molar-refractivity contribution in [2.45, 2.75) is 19.6 Å². The molecule has 1 amide bonds. The molecule has 1 aliphatic heterocycles. The summed E-state index contributed by atoms with van der Waals surface area (Å²) in [5.41, 5.74) is 1.78. The summed E-state index contributed by atoms with van der Waals surface area (Å²) in [5, 5.41) is 3.34. The predicted molar refractivity (Wildman–Crippen MR) is 70.5 cm³/mol. The maximum absolute atomic E-state index is 12.4. The first-order chi connectivity index (χ1) is 8.70. The SMILES string of the molecule is COCc1cccc(C(=O)N2CCN[C@@H](C)C2)c1. The topological polar surface area (TPSA) is 41.6 Å². The van der Waals surface area contributed by atoms with E-state index in [2.05, 4.69) is 12.2 Å². The summed E-state index contributed by atoms with van der Waals surface area (Å²) < 4.78 is 5.09. The lowest BCUT2D eigenvalue weighted by Crippen LogP contribution is -2.51. The molecule has 1 N–H and O–H groups in total. The molecule has 18 heavy (non-hydrogen) atoms. The molecule has 0 saturated carbocycles. The molecule has 0 spiro atoms. The van der Waals surface area contributed by atoms with Gasteiger partial charge in [-0.05, 0) is 24.6 Å². The minimum Gasteiger partial charge on any atom is -0.380 e. The second kappa shape index (κ2) is 5.98. The van der Waals surface area contributed by atoms with Gasteiger partial charge in [-0.2, -0.15) is 0 Å². The lowest BCUT2D eigenvalue weighted by molar-refractivity contribution is 0.0709. The lowest BCUT2D eigenvalue weighted by Gasteiger charge is -2.32. The highest BCUT2D eigenvalue weighted by Gasteiger charge is 2.21. The van der Waals surface area contributed by atoms with Crippen LogP contribution in [0.1, 0.15) is 22.8 Å². The number of amides is 1. The van der Waals surface area contributed by atoms with Crippen LogP contribution in [0.4, 0.5) is 0 Å². The molecule has 0 aromatic heterocycles. The van der Waals surface area contributed by atoms with Crippen LogP contribution in [0.15, 0.2) is 24.3 Å². The van der Waals surface area contributed by atoms with Gasteiger partial charge in [-0.25, -0.2) is 0 Å². The van der Waals surface area contributed by atoms with Crippen molar-refractivity contribution in [2.75, 3.05) is 26.7 Å². The number of ether oxygens (including phenoxy) is 1. The molecule has 1 heterocycles. The minimum absolute atomic E-state index is 0.112. The van der Waals surface area contributed by atoms with Crippen LogP contribution in [0.5, 0.6) is 0 Å². The van der Waals surface area contributed by atoms with Gasteiger partial charge in [0.15, 0.2) is 0 Å². The number of hydrogen-bond acceptors (Lipinski definition) is 3. The van der Waals surface area contributed by atoms with E-state index in [1.165, 1.54) is 0 Å². The zero-order valence-corrected chi connectivity index (χ0v) is 11.0. The third-order valence-corrected chi connectivity index (χ3v) is 3.14. The molecule has 0 unspecified atom stereocenters. The smallest absolute Gasteiger partial charge is 0.253 e. The van der Waals surface area contributed by atoms with Crippen LogP contribution < -0.4 is 5.32 Å². The summed E-state index contributed by atoms with van der Waals surface area (Å²) in [4.78, 5) is 14.3. The molecule has 1 fully saturated rings. The van der Waals surface area contributed by atoms with Crippen LogP contribution in [0.2, 0.25) is 0 Å². The number of carbonyl (C=O) groups is 1. The van der Waals surface area contributed by atoms with Crippen LogP contribution in [-0.4, -0.2) is 43.6 Å². The van der Waals surface area contributed by atoms with Gasteiger partial charge in [0.1, 0.15) is 0 Å². The van der Waals surface area contributed by atoms with E-state index >= 15 is 0 Å². The molecule has 1 aromatic carbocycles. The molecule has 0 bridgehead atoms. The van der Waals surface area contributed by atoms with Gasteiger partial charge in [0.05, 0.1) is 6.61 Å². The predicted octanol–water partition coefficient (Wildman–Crippen LogP) is 1.27. The third kappa shape index (κ3) is 3.09. The number of methoxy groups -OCH3 is 1. The number of carbonyl (C=O) groups excluding carboxylic acids is 1. The van der Waals surface area contributed by atoms with Gasteiger partial charge >= 0.3 is 0 Å². The molecule has 98 valence electrons. The first-order valence-corrected chi connectivity index (χ1v) is 6.31. The fourth-order valence-corrected chi connectivity index (χ4v) is 2.26. The number of rotatable bonds is 3. The van der Waals surface area contributed by atoms with Gasteiger partial charge in [-0.1, -0.05) is 12.1 Å². The molecular formula is C14H20N2O2. The Balaban J connectivity index is 2.10. The van der Waals surface area contributed by atoms with Crippen LogP contribution in [-0.2, 0) is 11.3 Å². The monoisotopic (exact) mass is 248 g/mol.